The molecule has 170 valence electrons. The van der Waals surface area contributed by atoms with Crippen LogP contribution in [-0.4, -0.2) is 41.6 Å². The molecule has 2 aromatic carbocycles. The van der Waals surface area contributed by atoms with Crippen LogP contribution in [0.4, 0.5) is 0 Å². The van der Waals surface area contributed by atoms with Crippen molar-refractivity contribution in [1.82, 2.24) is 14.8 Å². The van der Waals surface area contributed by atoms with Crippen LogP contribution in [0.25, 0.3) is 21.9 Å². The molecule has 1 fully saturated rings. The minimum atomic E-state index is -0.357. The Morgan fingerprint density at radius 2 is 1.94 bits per heavy atom. The van der Waals surface area contributed by atoms with Gasteiger partial charge in [-0.2, -0.15) is 0 Å². The van der Waals surface area contributed by atoms with Gasteiger partial charge in [0.15, 0.2) is 11.2 Å². The third kappa shape index (κ3) is 4.36. The van der Waals surface area contributed by atoms with Crippen LogP contribution in [0.15, 0.2) is 63.9 Å². The Labute approximate surface area is 191 Å². The number of amides is 1. The third-order valence-corrected chi connectivity index (χ3v) is 6.44. The van der Waals surface area contributed by atoms with Crippen molar-refractivity contribution in [2.45, 2.75) is 25.4 Å². The summed E-state index contributed by atoms with van der Waals surface area (Å²) in [7, 11) is 3.60. The molecule has 1 saturated heterocycles. The average Bonchev–Trinajstić information content (AvgIpc) is 3.19. The van der Waals surface area contributed by atoms with Gasteiger partial charge in [0, 0.05) is 56.6 Å². The van der Waals surface area contributed by atoms with Crippen LogP contribution in [0.5, 0.6) is 5.75 Å². The number of aromatic nitrogens is 1. The van der Waals surface area contributed by atoms with Crippen molar-refractivity contribution >= 4 is 27.8 Å². The topological polar surface area (TPSA) is 76.7 Å². The van der Waals surface area contributed by atoms with Crippen LogP contribution in [0.2, 0.25) is 0 Å². The molecule has 5 rings (SSSR count). The molecule has 7 heteroatoms. The Bertz CT molecular complexity index is 1380. The Balaban J connectivity index is 1.20. The lowest BCUT2D eigenvalue weighted by atomic mass is 10.0. The second kappa shape index (κ2) is 8.75. The monoisotopic (exact) mass is 445 g/mol. The summed E-state index contributed by atoms with van der Waals surface area (Å²) >= 11 is 0. The Morgan fingerprint density at radius 1 is 1.12 bits per heavy atom. The fourth-order valence-corrected chi connectivity index (χ4v) is 4.55. The van der Waals surface area contributed by atoms with E-state index in [0.29, 0.717) is 16.7 Å². The first-order chi connectivity index (χ1) is 16.0. The van der Waals surface area contributed by atoms with E-state index in [1.807, 2.05) is 0 Å². The van der Waals surface area contributed by atoms with E-state index in [4.69, 9.17) is 9.15 Å². The number of benzene rings is 2. The van der Waals surface area contributed by atoms with E-state index in [1.165, 1.54) is 22.5 Å². The summed E-state index contributed by atoms with van der Waals surface area (Å²) in [4.78, 5) is 27.6. The first kappa shape index (κ1) is 21.3. The van der Waals surface area contributed by atoms with E-state index in [1.54, 1.807) is 25.3 Å². The number of ether oxygens (including phenoxy) is 1. The van der Waals surface area contributed by atoms with E-state index in [-0.39, 0.29) is 23.1 Å². The van der Waals surface area contributed by atoms with E-state index >= 15 is 0 Å². The number of rotatable bonds is 5. The fourth-order valence-electron chi connectivity index (χ4n) is 4.55. The standard InChI is InChI=1S/C26H27N3O4/c1-28-10-7-18-13-17(3-6-22(18)28)16-29-11-8-19(9-12-29)27-26(31)25-15-23(30)21-5-4-20(32-2)14-24(21)33-25/h3-7,10,13-15,19H,8-9,11-12,16H2,1-2H3,(H,27,31). The number of likely N-dealkylation sites (tertiary alicyclic amines) is 1. The van der Waals surface area contributed by atoms with Crippen molar-refractivity contribution in [2.24, 2.45) is 7.05 Å². The van der Waals surface area contributed by atoms with Gasteiger partial charge in [0.1, 0.15) is 11.3 Å². The zero-order chi connectivity index (χ0) is 22.9. The fraction of sp³-hybridized carbons (Fsp3) is 0.308. The summed E-state index contributed by atoms with van der Waals surface area (Å²) in [6.45, 7) is 2.69. The average molecular weight is 446 g/mol. The number of hydrogen-bond acceptors (Lipinski definition) is 5. The van der Waals surface area contributed by atoms with Gasteiger partial charge in [-0.1, -0.05) is 6.07 Å². The zero-order valence-corrected chi connectivity index (χ0v) is 18.8. The maximum atomic E-state index is 12.8. The maximum absolute atomic E-state index is 12.8. The zero-order valence-electron chi connectivity index (χ0n) is 18.8. The Kier molecular flexibility index (Phi) is 5.64. The molecule has 0 unspecified atom stereocenters. The molecule has 4 aromatic rings. The highest BCUT2D eigenvalue weighted by Crippen LogP contribution is 2.21. The molecule has 1 amide bonds. The number of aryl methyl sites for hydroxylation is 1. The lowest BCUT2D eigenvalue weighted by Gasteiger charge is -2.32. The van der Waals surface area contributed by atoms with Crippen molar-refractivity contribution in [2.75, 3.05) is 20.2 Å². The highest BCUT2D eigenvalue weighted by atomic mass is 16.5. The largest absolute Gasteiger partial charge is 0.497 e. The van der Waals surface area contributed by atoms with Crippen LogP contribution in [-0.2, 0) is 13.6 Å². The maximum Gasteiger partial charge on any atom is 0.287 e. The molecular weight excluding hydrogens is 418 g/mol. The van der Waals surface area contributed by atoms with Crippen molar-refractivity contribution in [3.8, 4) is 5.75 Å². The van der Waals surface area contributed by atoms with Gasteiger partial charge in [-0.3, -0.25) is 14.5 Å². The van der Waals surface area contributed by atoms with E-state index in [0.717, 1.165) is 32.5 Å². The number of nitrogens with zero attached hydrogens (tertiary/aromatic N) is 2. The molecule has 0 atom stereocenters. The number of piperidine rings is 1. The van der Waals surface area contributed by atoms with E-state index in [2.05, 4.69) is 52.3 Å². The van der Waals surface area contributed by atoms with Crippen molar-refractivity contribution in [3.63, 3.8) is 0 Å². The van der Waals surface area contributed by atoms with Crippen LogP contribution in [0, 0.1) is 0 Å². The van der Waals surface area contributed by atoms with Gasteiger partial charge >= 0.3 is 0 Å². The molecule has 0 bridgehead atoms. The number of fused-ring (bicyclic) bond motifs is 2. The minimum Gasteiger partial charge on any atom is -0.497 e. The summed E-state index contributed by atoms with van der Waals surface area (Å²) in [5.41, 5.74) is 2.63. The molecule has 0 saturated carbocycles. The summed E-state index contributed by atoms with van der Waals surface area (Å²) in [6.07, 6.45) is 3.78. The van der Waals surface area contributed by atoms with Crippen molar-refractivity contribution < 1.29 is 13.9 Å². The molecule has 2 aromatic heterocycles. The van der Waals surface area contributed by atoms with Gasteiger partial charge in [-0.15, -0.1) is 0 Å². The number of carbonyl (C=O) groups is 1. The molecule has 1 aliphatic heterocycles. The number of methoxy groups -OCH3 is 1. The number of nitrogens with one attached hydrogen (secondary N) is 1. The van der Waals surface area contributed by atoms with Crippen LogP contribution in [0.3, 0.4) is 0 Å². The first-order valence-electron chi connectivity index (χ1n) is 11.2. The smallest absolute Gasteiger partial charge is 0.287 e. The predicted molar refractivity (Wildman–Crippen MR) is 128 cm³/mol. The quantitative estimate of drug-likeness (QED) is 0.507. The van der Waals surface area contributed by atoms with Gasteiger partial charge in [0.05, 0.1) is 12.5 Å². The van der Waals surface area contributed by atoms with Crippen LogP contribution < -0.4 is 15.5 Å². The van der Waals surface area contributed by atoms with E-state index < -0.39 is 0 Å². The first-order valence-corrected chi connectivity index (χ1v) is 11.2. The van der Waals surface area contributed by atoms with Gasteiger partial charge in [0.25, 0.3) is 5.91 Å². The third-order valence-electron chi connectivity index (χ3n) is 6.44. The Hall–Kier alpha value is -3.58. The predicted octanol–water partition coefficient (Wildman–Crippen LogP) is 3.69. The molecule has 1 N–H and O–H groups in total. The van der Waals surface area contributed by atoms with Crippen molar-refractivity contribution in [1.29, 1.82) is 0 Å². The van der Waals surface area contributed by atoms with Gasteiger partial charge in [-0.25, -0.2) is 0 Å². The molecule has 0 aliphatic carbocycles. The Morgan fingerprint density at radius 3 is 2.73 bits per heavy atom. The van der Waals surface area contributed by atoms with E-state index in [9.17, 15) is 9.59 Å². The van der Waals surface area contributed by atoms with Crippen LogP contribution >= 0.6 is 0 Å². The summed E-state index contributed by atoms with van der Waals surface area (Å²) in [5, 5.41) is 4.72. The minimum absolute atomic E-state index is 0.0272. The molecule has 1 aliphatic rings. The molecular formula is C26H27N3O4. The summed E-state index contributed by atoms with van der Waals surface area (Å²) < 4.78 is 13.0. The summed E-state index contributed by atoms with van der Waals surface area (Å²) in [5.74, 6) is 0.242. The molecule has 0 radical (unpaired) electrons. The molecule has 7 nitrogen and oxygen atoms in total. The lowest BCUT2D eigenvalue weighted by Crippen LogP contribution is -2.44. The second-order valence-corrected chi connectivity index (χ2v) is 8.68. The number of carbonyl (C=O) groups excluding carboxylic acids is 1. The van der Waals surface area contributed by atoms with Gasteiger partial charge in [0.2, 0.25) is 0 Å². The summed E-state index contributed by atoms with van der Waals surface area (Å²) in [6, 6.07) is 15.0. The molecule has 3 heterocycles. The number of hydrogen-bond donors (Lipinski definition) is 1. The molecule has 0 spiro atoms. The highest BCUT2D eigenvalue weighted by Gasteiger charge is 2.23. The second-order valence-electron chi connectivity index (χ2n) is 8.68. The van der Waals surface area contributed by atoms with Gasteiger partial charge in [-0.05, 0) is 54.1 Å². The molecule has 33 heavy (non-hydrogen) atoms. The van der Waals surface area contributed by atoms with Crippen LogP contribution in [0.1, 0.15) is 29.0 Å². The van der Waals surface area contributed by atoms with Crippen molar-refractivity contribution in [3.05, 3.63) is 76.3 Å². The lowest BCUT2D eigenvalue weighted by molar-refractivity contribution is 0.0881. The normalized spacial score (nSPS) is 15.2. The highest BCUT2D eigenvalue weighted by molar-refractivity contribution is 5.93. The van der Waals surface area contributed by atoms with Gasteiger partial charge < -0.3 is 19.0 Å². The SMILES string of the molecule is COc1ccc2c(=O)cc(C(=O)NC3CCN(Cc4ccc5c(ccn5C)c4)CC3)oc2c1.